The van der Waals surface area contributed by atoms with Crippen LogP contribution in [-0.4, -0.2) is 9.97 Å². The predicted molar refractivity (Wildman–Crippen MR) is 64.8 cm³/mol. The molecule has 16 heavy (non-hydrogen) atoms. The lowest BCUT2D eigenvalue weighted by molar-refractivity contribution is 0.603. The lowest BCUT2D eigenvalue weighted by Gasteiger charge is -2.01. The van der Waals surface area contributed by atoms with Crippen LogP contribution in [0.25, 0.3) is 0 Å². The van der Waals surface area contributed by atoms with Crippen molar-refractivity contribution in [3.8, 4) is 0 Å². The highest BCUT2D eigenvalue weighted by Gasteiger charge is 1.97. The van der Waals surface area contributed by atoms with E-state index in [-0.39, 0.29) is 5.56 Å². The van der Waals surface area contributed by atoms with Crippen molar-refractivity contribution in [1.29, 1.82) is 0 Å². The van der Waals surface area contributed by atoms with Gasteiger partial charge in [0.05, 0.1) is 0 Å². The van der Waals surface area contributed by atoms with Crippen LogP contribution in [0.1, 0.15) is 51.1 Å². The Bertz CT molecular complexity index is 378. The Balaban J connectivity index is 2.27. The number of hydrogen-bond acceptors (Lipinski definition) is 2. The largest absolute Gasteiger partial charge is 0.325 e. The SMILES string of the molecule is CCCCCCCCc1cc(=O)[nH]c(=O)[nH]1. The summed E-state index contributed by atoms with van der Waals surface area (Å²) >= 11 is 0. The van der Waals surface area contributed by atoms with E-state index in [2.05, 4.69) is 16.9 Å². The molecule has 0 unspecified atom stereocenters. The smallest absolute Gasteiger partial charge is 0.311 e. The van der Waals surface area contributed by atoms with Crippen LogP contribution in [0.15, 0.2) is 15.7 Å². The molecule has 1 aromatic heterocycles. The molecule has 0 aromatic carbocycles. The predicted octanol–water partition coefficient (Wildman–Crippen LogP) is 1.97. The minimum atomic E-state index is -0.409. The monoisotopic (exact) mass is 224 g/mol. The van der Waals surface area contributed by atoms with Crippen LogP contribution in [0.3, 0.4) is 0 Å². The number of aromatic nitrogens is 2. The summed E-state index contributed by atoms with van der Waals surface area (Å²) in [7, 11) is 0. The lowest BCUT2D eigenvalue weighted by Crippen LogP contribution is -2.22. The normalized spacial score (nSPS) is 10.6. The molecule has 0 fully saturated rings. The van der Waals surface area contributed by atoms with Crippen molar-refractivity contribution in [2.24, 2.45) is 0 Å². The Labute approximate surface area is 95.1 Å². The third-order valence-corrected chi connectivity index (χ3v) is 2.62. The molecule has 1 heterocycles. The third-order valence-electron chi connectivity index (χ3n) is 2.62. The maximum atomic E-state index is 11.0. The highest BCUT2D eigenvalue weighted by atomic mass is 16.2. The third kappa shape index (κ3) is 4.96. The molecule has 0 saturated heterocycles. The molecule has 4 nitrogen and oxygen atoms in total. The van der Waals surface area contributed by atoms with Gasteiger partial charge in [0, 0.05) is 11.8 Å². The van der Waals surface area contributed by atoms with Crippen LogP contribution in [0.4, 0.5) is 0 Å². The van der Waals surface area contributed by atoms with Crippen molar-refractivity contribution in [2.75, 3.05) is 0 Å². The molecule has 2 N–H and O–H groups in total. The zero-order chi connectivity index (χ0) is 11.8. The molecule has 0 aliphatic rings. The van der Waals surface area contributed by atoms with Crippen LogP contribution < -0.4 is 11.2 Å². The van der Waals surface area contributed by atoms with Gasteiger partial charge in [-0.2, -0.15) is 0 Å². The minimum Gasteiger partial charge on any atom is -0.311 e. The van der Waals surface area contributed by atoms with Crippen LogP contribution in [0.5, 0.6) is 0 Å². The van der Waals surface area contributed by atoms with Gasteiger partial charge in [0.25, 0.3) is 5.56 Å². The van der Waals surface area contributed by atoms with Gasteiger partial charge in [-0.05, 0) is 12.8 Å². The van der Waals surface area contributed by atoms with E-state index in [1.807, 2.05) is 0 Å². The van der Waals surface area contributed by atoms with Crippen molar-refractivity contribution < 1.29 is 0 Å². The van der Waals surface area contributed by atoms with Gasteiger partial charge < -0.3 is 4.98 Å². The highest BCUT2D eigenvalue weighted by molar-refractivity contribution is 4.98. The molecule has 1 aromatic rings. The number of aromatic amines is 2. The Kier molecular flexibility index (Phi) is 5.61. The molecule has 0 bridgehead atoms. The Morgan fingerprint density at radius 2 is 1.69 bits per heavy atom. The molecule has 0 atom stereocenters. The van der Waals surface area contributed by atoms with E-state index in [0.29, 0.717) is 0 Å². The molecule has 0 spiro atoms. The first kappa shape index (κ1) is 12.7. The molecular formula is C12H20N2O2. The number of unbranched alkanes of at least 4 members (excludes halogenated alkanes) is 5. The van der Waals surface area contributed by atoms with Gasteiger partial charge in [-0.1, -0.05) is 39.0 Å². The van der Waals surface area contributed by atoms with Gasteiger partial charge in [-0.15, -0.1) is 0 Å². The van der Waals surface area contributed by atoms with Crippen LogP contribution in [0.2, 0.25) is 0 Å². The van der Waals surface area contributed by atoms with E-state index >= 15 is 0 Å². The summed E-state index contributed by atoms with van der Waals surface area (Å²) in [6, 6.07) is 1.47. The summed E-state index contributed by atoms with van der Waals surface area (Å²) in [5.41, 5.74) is 0.0162. The first-order valence-electron chi connectivity index (χ1n) is 6.05. The average molecular weight is 224 g/mol. The summed E-state index contributed by atoms with van der Waals surface area (Å²) in [5.74, 6) is 0. The number of hydrogen-bond donors (Lipinski definition) is 2. The van der Waals surface area contributed by atoms with Crippen molar-refractivity contribution in [2.45, 2.75) is 51.9 Å². The van der Waals surface area contributed by atoms with Crippen molar-refractivity contribution in [1.82, 2.24) is 9.97 Å². The molecule has 90 valence electrons. The second kappa shape index (κ2) is 7.04. The minimum absolute atomic E-state index is 0.315. The molecular weight excluding hydrogens is 204 g/mol. The maximum Gasteiger partial charge on any atom is 0.325 e. The lowest BCUT2D eigenvalue weighted by atomic mass is 10.1. The van der Waals surface area contributed by atoms with E-state index in [1.54, 1.807) is 0 Å². The van der Waals surface area contributed by atoms with Crippen molar-refractivity contribution >= 4 is 0 Å². The molecule has 0 aliphatic heterocycles. The van der Waals surface area contributed by atoms with Crippen molar-refractivity contribution in [3.63, 3.8) is 0 Å². The van der Waals surface area contributed by atoms with Crippen molar-refractivity contribution in [3.05, 3.63) is 32.6 Å². The number of H-pyrrole nitrogens is 2. The molecule has 0 saturated carbocycles. The Hall–Kier alpha value is -1.32. The first-order valence-corrected chi connectivity index (χ1v) is 6.05. The number of nitrogens with one attached hydrogen (secondary N) is 2. The molecule has 0 radical (unpaired) electrons. The zero-order valence-electron chi connectivity index (χ0n) is 9.84. The fourth-order valence-electron chi connectivity index (χ4n) is 1.75. The zero-order valence-corrected chi connectivity index (χ0v) is 9.84. The summed E-state index contributed by atoms with van der Waals surface area (Å²) in [6.45, 7) is 2.20. The van der Waals surface area contributed by atoms with Gasteiger partial charge in [-0.25, -0.2) is 4.79 Å². The second-order valence-electron chi connectivity index (χ2n) is 4.13. The van der Waals surface area contributed by atoms with Crippen LogP contribution in [-0.2, 0) is 6.42 Å². The van der Waals surface area contributed by atoms with Gasteiger partial charge in [-0.3, -0.25) is 9.78 Å². The molecule has 4 heteroatoms. The van der Waals surface area contributed by atoms with Gasteiger partial charge >= 0.3 is 5.69 Å². The highest BCUT2D eigenvalue weighted by Crippen LogP contribution is 2.06. The molecule has 0 aliphatic carbocycles. The van der Waals surface area contributed by atoms with E-state index in [1.165, 1.54) is 31.7 Å². The second-order valence-corrected chi connectivity index (χ2v) is 4.13. The van der Waals surface area contributed by atoms with Gasteiger partial charge in [0.2, 0.25) is 0 Å². The van der Waals surface area contributed by atoms with E-state index in [4.69, 9.17) is 0 Å². The fraction of sp³-hybridized carbons (Fsp3) is 0.667. The van der Waals surface area contributed by atoms with E-state index < -0.39 is 5.69 Å². The maximum absolute atomic E-state index is 11.0. The standard InChI is InChI=1S/C12H20N2O2/c1-2-3-4-5-6-7-8-10-9-11(15)14-12(16)13-10/h9H,2-8H2,1H3,(H2,13,14,15,16). The summed E-state index contributed by atoms with van der Waals surface area (Å²) in [6.07, 6.45) is 8.04. The number of rotatable bonds is 7. The van der Waals surface area contributed by atoms with E-state index in [0.717, 1.165) is 25.0 Å². The molecule has 1 rings (SSSR count). The van der Waals surface area contributed by atoms with Crippen LogP contribution in [0, 0.1) is 0 Å². The van der Waals surface area contributed by atoms with Crippen LogP contribution >= 0.6 is 0 Å². The Morgan fingerprint density at radius 3 is 2.38 bits per heavy atom. The number of aryl methyl sites for hydroxylation is 1. The topological polar surface area (TPSA) is 65.7 Å². The molecule has 0 amide bonds. The van der Waals surface area contributed by atoms with Gasteiger partial charge in [0.15, 0.2) is 0 Å². The Morgan fingerprint density at radius 1 is 1.00 bits per heavy atom. The summed E-state index contributed by atoms with van der Waals surface area (Å²) in [5, 5.41) is 0. The first-order chi connectivity index (χ1) is 7.72. The van der Waals surface area contributed by atoms with Gasteiger partial charge in [0.1, 0.15) is 0 Å². The average Bonchev–Trinajstić information content (AvgIpc) is 2.22. The van der Waals surface area contributed by atoms with E-state index in [9.17, 15) is 9.59 Å². The summed E-state index contributed by atoms with van der Waals surface area (Å²) in [4.78, 5) is 26.8. The summed E-state index contributed by atoms with van der Waals surface area (Å²) < 4.78 is 0. The quantitative estimate of drug-likeness (QED) is 0.695. The fourth-order valence-corrected chi connectivity index (χ4v) is 1.75.